The molecule has 0 saturated heterocycles. The minimum Gasteiger partial charge on any atom is -0.462 e. The third kappa shape index (κ3) is 33.0. The van der Waals surface area contributed by atoms with Crippen LogP contribution in [0.1, 0.15) is 206 Å². The van der Waals surface area contributed by atoms with Crippen molar-refractivity contribution in [2.75, 3.05) is 13.2 Å². The van der Waals surface area contributed by atoms with Crippen molar-refractivity contribution in [3.05, 3.63) is 48.6 Å². The highest BCUT2D eigenvalue weighted by molar-refractivity contribution is 7.47. The number of phosphoric ester groups is 1. The van der Waals surface area contributed by atoms with Crippen LogP contribution in [0.25, 0.3) is 0 Å². The zero-order valence-electron chi connectivity index (χ0n) is 40.3. The van der Waals surface area contributed by atoms with Crippen LogP contribution in [0.4, 0.5) is 0 Å². The highest BCUT2D eigenvalue weighted by atomic mass is 31.2. The Morgan fingerprint density at radius 3 is 1.25 bits per heavy atom. The van der Waals surface area contributed by atoms with E-state index in [0.29, 0.717) is 12.8 Å². The fourth-order valence-corrected chi connectivity index (χ4v) is 8.50. The van der Waals surface area contributed by atoms with Crippen molar-refractivity contribution in [3.8, 4) is 0 Å². The van der Waals surface area contributed by atoms with Crippen molar-refractivity contribution in [3.63, 3.8) is 0 Å². The van der Waals surface area contributed by atoms with Gasteiger partial charge in [-0.3, -0.25) is 18.6 Å². The second-order valence-corrected chi connectivity index (χ2v) is 19.1. The van der Waals surface area contributed by atoms with Gasteiger partial charge < -0.3 is 39.9 Å². The van der Waals surface area contributed by atoms with Crippen molar-refractivity contribution >= 4 is 19.8 Å². The Labute approximate surface area is 392 Å². The third-order valence-corrected chi connectivity index (χ3v) is 12.6. The minimum absolute atomic E-state index is 0.0893. The molecule has 0 heterocycles. The molecule has 1 saturated carbocycles. The summed E-state index contributed by atoms with van der Waals surface area (Å²) in [6.45, 7) is 3.26. The molecule has 65 heavy (non-hydrogen) atoms. The van der Waals surface area contributed by atoms with Crippen molar-refractivity contribution in [1.29, 1.82) is 0 Å². The molecule has 1 rings (SSSR count). The van der Waals surface area contributed by atoms with E-state index in [1.165, 1.54) is 83.5 Å². The summed E-state index contributed by atoms with van der Waals surface area (Å²) in [6, 6.07) is 0. The smallest absolute Gasteiger partial charge is 0.462 e. The predicted octanol–water partition coefficient (Wildman–Crippen LogP) is 10.7. The molecule has 0 aliphatic heterocycles. The Morgan fingerprint density at radius 2 is 0.831 bits per heavy atom. The summed E-state index contributed by atoms with van der Waals surface area (Å²) in [6.07, 6.45) is 35.8. The summed E-state index contributed by atoms with van der Waals surface area (Å²) < 4.78 is 33.6. The van der Waals surface area contributed by atoms with Gasteiger partial charge in [0.25, 0.3) is 0 Å². The molecule has 0 aromatic heterocycles. The number of carbonyl (C=O) groups excluding carboxylic acids is 2. The second-order valence-electron chi connectivity index (χ2n) is 17.7. The molecule has 6 unspecified atom stereocenters. The Hall–Kier alpha value is -2.19. The van der Waals surface area contributed by atoms with Gasteiger partial charge in [0.05, 0.1) is 6.61 Å². The monoisotopic (exact) mass is 943 g/mol. The van der Waals surface area contributed by atoms with Gasteiger partial charge in [0.2, 0.25) is 0 Å². The molecule has 13 nitrogen and oxygen atoms in total. The van der Waals surface area contributed by atoms with E-state index in [-0.39, 0.29) is 12.8 Å². The molecule has 8 atom stereocenters. The van der Waals surface area contributed by atoms with Gasteiger partial charge in [-0.1, -0.05) is 165 Å². The van der Waals surface area contributed by atoms with E-state index in [1.807, 2.05) is 0 Å². The van der Waals surface area contributed by atoms with Gasteiger partial charge in [0.15, 0.2) is 6.10 Å². The summed E-state index contributed by atoms with van der Waals surface area (Å²) in [4.78, 5) is 35.8. The first-order valence-electron chi connectivity index (χ1n) is 25.4. The van der Waals surface area contributed by atoms with Crippen LogP contribution in [0, 0.1) is 0 Å². The molecule has 378 valence electrons. The van der Waals surface area contributed by atoms with Gasteiger partial charge in [0, 0.05) is 12.8 Å². The molecule has 14 heteroatoms. The molecule has 1 aliphatic rings. The van der Waals surface area contributed by atoms with Crippen LogP contribution in [0.15, 0.2) is 48.6 Å². The Balaban J connectivity index is 2.42. The molecule has 6 N–H and O–H groups in total. The Bertz CT molecular complexity index is 1320. The number of aliphatic hydroxyl groups is 5. The molecule has 0 radical (unpaired) electrons. The largest absolute Gasteiger partial charge is 0.472 e. The van der Waals surface area contributed by atoms with Crippen LogP contribution < -0.4 is 0 Å². The van der Waals surface area contributed by atoms with E-state index in [9.17, 15) is 44.6 Å². The van der Waals surface area contributed by atoms with Crippen molar-refractivity contribution < 1.29 is 63.1 Å². The van der Waals surface area contributed by atoms with Crippen molar-refractivity contribution in [2.24, 2.45) is 0 Å². The van der Waals surface area contributed by atoms with E-state index >= 15 is 0 Å². The molecule has 0 amide bonds. The molecule has 0 aromatic rings. The molecule has 0 aromatic carbocycles. The summed E-state index contributed by atoms with van der Waals surface area (Å²) >= 11 is 0. The molecular weight excluding hydrogens is 852 g/mol. The van der Waals surface area contributed by atoms with E-state index in [2.05, 4.69) is 62.5 Å². The lowest BCUT2D eigenvalue weighted by molar-refractivity contribution is -0.220. The average molecular weight is 943 g/mol. The lowest BCUT2D eigenvalue weighted by Crippen LogP contribution is -2.64. The number of hydrogen-bond donors (Lipinski definition) is 6. The highest BCUT2D eigenvalue weighted by Crippen LogP contribution is 2.47. The second kappa shape index (κ2) is 40.8. The molecule has 1 aliphatic carbocycles. The van der Waals surface area contributed by atoms with Gasteiger partial charge in [-0.25, -0.2) is 4.57 Å². The standard InChI is InChI=1S/C51H91O13P/c1-3-5-7-9-11-13-15-17-19-21-22-24-26-28-30-32-34-36-38-40-45(53)63-43(42-62-65(59,60)64-51-49(57)47(55)46(54)48(56)50(51)58)41-61-44(52)39-37-35-33-31-29-27-25-23-20-18-16-14-12-10-8-6-4-2/h11-14,17-20,43,46-51,54-58H,3-10,15-16,21-42H2,1-2H3,(H,59,60)/b13-11-,14-12-,19-17-,20-18-/t43-,46?,47-,48?,49?,50?,51?/m1/s1. The van der Waals surface area contributed by atoms with Gasteiger partial charge in [-0.15, -0.1) is 0 Å². The number of hydrogen-bond acceptors (Lipinski definition) is 12. The van der Waals surface area contributed by atoms with Gasteiger partial charge in [0.1, 0.15) is 43.2 Å². The first-order valence-corrected chi connectivity index (χ1v) is 26.9. The molecule has 1 fully saturated rings. The normalized spacial score (nSPS) is 21.8. The fraction of sp³-hybridized carbons (Fsp3) is 0.804. The molecular formula is C51H91O13P. The summed E-state index contributed by atoms with van der Waals surface area (Å²) in [5, 5.41) is 50.3. The van der Waals surface area contributed by atoms with E-state index in [4.69, 9.17) is 18.5 Å². The van der Waals surface area contributed by atoms with Crippen LogP contribution in [0.5, 0.6) is 0 Å². The molecule has 0 spiro atoms. The fourth-order valence-electron chi connectivity index (χ4n) is 7.52. The highest BCUT2D eigenvalue weighted by Gasteiger charge is 2.51. The van der Waals surface area contributed by atoms with Gasteiger partial charge in [-0.2, -0.15) is 0 Å². The van der Waals surface area contributed by atoms with Crippen LogP contribution in [0.3, 0.4) is 0 Å². The summed E-state index contributed by atoms with van der Waals surface area (Å²) in [5.74, 6) is -1.11. The number of unbranched alkanes of at least 4 members (excludes halogenated alkanes) is 22. The van der Waals surface area contributed by atoms with Crippen molar-refractivity contribution in [2.45, 2.75) is 249 Å². The quantitative estimate of drug-likeness (QED) is 0.0146. The maximum absolute atomic E-state index is 12.8. The zero-order valence-corrected chi connectivity index (χ0v) is 41.2. The van der Waals surface area contributed by atoms with Crippen molar-refractivity contribution in [1.82, 2.24) is 0 Å². The summed E-state index contributed by atoms with van der Waals surface area (Å²) in [5.41, 5.74) is 0. The number of allylic oxidation sites excluding steroid dienone is 8. The lowest BCUT2D eigenvalue weighted by atomic mass is 9.85. The topological polar surface area (TPSA) is 210 Å². The maximum Gasteiger partial charge on any atom is 0.472 e. The van der Waals surface area contributed by atoms with Crippen LogP contribution in [0.2, 0.25) is 0 Å². The Kier molecular flexibility index (Phi) is 38.2. The van der Waals surface area contributed by atoms with Crippen LogP contribution in [-0.4, -0.2) is 98.3 Å². The first kappa shape index (κ1) is 60.8. The Morgan fingerprint density at radius 1 is 0.477 bits per heavy atom. The summed E-state index contributed by atoms with van der Waals surface area (Å²) in [7, 11) is -5.13. The van der Waals surface area contributed by atoms with Crippen LogP contribution >= 0.6 is 7.82 Å². The van der Waals surface area contributed by atoms with Crippen LogP contribution in [-0.2, 0) is 32.7 Å². The number of esters is 2. The van der Waals surface area contributed by atoms with Gasteiger partial charge in [-0.05, 0) is 77.0 Å². The van der Waals surface area contributed by atoms with Gasteiger partial charge >= 0.3 is 19.8 Å². The average Bonchev–Trinajstić information content (AvgIpc) is 3.29. The predicted molar refractivity (Wildman–Crippen MR) is 258 cm³/mol. The number of ether oxygens (including phenoxy) is 2. The molecule has 0 bridgehead atoms. The number of carbonyl (C=O) groups is 2. The SMILES string of the molecule is CCCCC/C=C\C/C=C\CCCCCCCCCCCC(=O)O[C@H](COC(=O)CCCCCCCCC/C=C\C/C=C\CCCCC)COP(=O)(O)OC1C(O)C(O)C(O)[C@@H](O)C1O. The number of rotatable bonds is 42. The zero-order chi connectivity index (χ0) is 47.8. The maximum atomic E-state index is 12.8. The third-order valence-electron chi connectivity index (χ3n) is 11.6. The van der Waals surface area contributed by atoms with E-state index in [1.54, 1.807) is 0 Å². The minimum atomic E-state index is -5.13. The lowest BCUT2D eigenvalue weighted by Gasteiger charge is -2.41. The van der Waals surface area contributed by atoms with E-state index < -0.39 is 75.7 Å². The number of phosphoric acid groups is 1. The first-order chi connectivity index (χ1) is 31.4. The van der Waals surface area contributed by atoms with E-state index in [0.717, 1.165) is 83.5 Å². The number of aliphatic hydroxyl groups excluding tert-OH is 5.